The number of halogens is 1. The molecule has 0 saturated heterocycles. The first kappa shape index (κ1) is 17.7. The van der Waals surface area contributed by atoms with Gasteiger partial charge in [0.1, 0.15) is 0 Å². The summed E-state index contributed by atoms with van der Waals surface area (Å²) in [6, 6.07) is 7.91. The van der Waals surface area contributed by atoms with E-state index in [1.54, 1.807) is 0 Å². The van der Waals surface area contributed by atoms with Crippen molar-refractivity contribution >= 4 is 27.8 Å². The predicted molar refractivity (Wildman–Crippen MR) is 86.2 cm³/mol. The van der Waals surface area contributed by atoms with Crippen LogP contribution in [0.1, 0.15) is 44.1 Å². The molecule has 0 radical (unpaired) electrons. The highest BCUT2D eigenvalue weighted by atomic mass is 79.9. The van der Waals surface area contributed by atoms with E-state index in [1.807, 2.05) is 24.3 Å². The summed E-state index contributed by atoms with van der Waals surface area (Å²) in [5.41, 5.74) is 1.14. The summed E-state index contributed by atoms with van der Waals surface area (Å²) < 4.78 is 1.04. The molecule has 0 aliphatic heterocycles. The summed E-state index contributed by atoms with van der Waals surface area (Å²) in [6.07, 6.45) is 4.93. The Morgan fingerprint density at radius 2 is 1.76 bits per heavy atom. The van der Waals surface area contributed by atoms with Crippen LogP contribution in [0.5, 0.6) is 0 Å². The van der Waals surface area contributed by atoms with Gasteiger partial charge in [-0.15, -0.1) is 0 Å². The molecule has 1 aromatic carbocycles. The molecule has 0 fully saturated rings. The average molecular weight is 356 g/mol. The summed E-state index contributed by atoms with van der Waals surface area (Å²) in [6.45, 7) is 0.669. The minimum atomic E-state index is -0.740. The SMILES string of the molecule is O=C(O)CCCCCCNC(=O)CCc1ccccc1Br. The molecule has 0 bridgehead atoms. The molecule has 0 spiro atoms. The van der Waals surface area contributed by atoms with Crippen LogP contribution in [-0.2, 0) is 16.0 Å². The zero-order valence-corrected chi connectivity index (χ0v) is 13.7. The van der Waals surface area contributed by atoms with Gasteiger partial charge in [0.15, 0.2) is 0 Å². The zero-order valence-electron chi connectivity index (χ0n) is 12.1. The first-order chi connectivity index (χ1) is 10.1. The highest BCUT2D eigenvalue weighted by Crippen LogP contribution is 2.17. The van der Waals surface area contributed by atoms with Crippen molar-refractivity contribution in [2.75, 3.05) is 6.54 Å². The molecule has 0 aliphatic rings. The van der Waals surface area contributed by atoms with Gasteiger partial charge in [0.2, 0.25) is 5.91 Å². The summed E-state index contributed by atoms with van der Waals surface area (Å²) in [5, 5.41) is 11.4. The second-order valence-corrected chi connectivity index (χ2v) is 5.85. The quantitative estimate of drug-likeness (QED) is 0.631. The fourth-order valence-electron chi connectivity index (χ4n) is 2.02. The zero-order chi connectivity index (χ0) is 15.5. The Morgan fingerprint density at radius 1 is 1.05 bits per heavy atom. The van der Waals surface area contributed by atoms with Crippen molar-refractivity contribution in [3.8, 4) is 0 Å². The molecule has 0 saturated carbocycles. The Hall–Kier alpha value is -1.36. The van der Waals surface area contributed by atoms with Crippen LogP contribution in [0.15, 0.2) is 28.7 Å². The molecule has 0 heterocycles. The van der Waals surface area contributed by atoms with Gasteiger partial charge in [0.05, 0.1) is 0 Å². The summed E-state index contributed by atoms with van der Waals surface area (Å²) in [5.74, 6) is -0.674. The molecule has 2 N–H and O–H groups in total. The van der Waals surface area contributed by atoms with Crippen molar-refractivity contribution in [3.05, 3.63) is 34.3 Å². The van der Waals surface area contributed by atoms with E-state index in [0.717, 1.165) is 35.7 Å². The van der Waals surface area contributed by atoms with E-state index in [4.69, 9.17) is 5.11 Å². The molecule has 1 rings (SSSR count). The number of hydrogen-bond acceptors (Lipinski definition) is 2. The molecule has 5 heteroatoms. The van der Waals surface area contributed by atoms with Gasteiger partial charge in [-0.25, -0.2) is 0 Å². The number of unbranched alkanes of at least 4 members (excludes halogenated alkanes) is 3. The standard InChI is InChI=1S/C16H22BrNO3/c17-14-8-5-4-7-13(14)10-11-15(19)18-12-6-2-1-3-9-16(20)21/h4-5,7-8H,1-3,6,9-12H2,(H,18,19)(H,20,21). The smallest absolute Gasteiger partial charge is 0.303 e. The fraction of sp³-hybridized carbons (Fsp3) is 0.500. The number of carboxylic acids is 1. The van der Waals surface area contributed by atoms with Crippen LogP contribution in [0.2, 0.25) is 0 Å². The van der Waals surface area contributed by atoms with Crippen LogP contribution in [0.4, 0.5) is 0 Å². The molecule has 0 unspecified atom stereocenters. The number of carbonyl (C=O) groups is 2. The van der Waals surface area contributed by atoms with Crippen LogP contribution in [0.3, 0.4) is 0 Å². The monoisotopic (exact) mass is 355 g/mol. The Kier molecular flexibility index (Phi) is 8.74. The van der Waals surface area contributed by atoms with E-state index in [9.17, 15) is 9.59 Å². The number of rotatable bonds is 10. The fourth-order valence-corrected chi connectivity index (χ4v) is 2.50. The van der Waals surface area contributed by atoms with Gasteiger partial charge in [0, 0.05) is 23.9 Å². The normalized spacial score (nSPS) is 10.3. The van der Waals surface area contributed by atoms with E-state index < -0.39 is 5.97 Å². The Morgan fingerprint density at radius 3 is 2.48 bits per heavy atom. The van der Waals surface area contributed by atoms with E-state index >= 15 is 0 Å². The van der Waals surface area contributed by atoms with Crippen LogP contribution >= 0.6 is 15.9 Å². The molecule has 0 atom stereocenters. The minimum absolute atomic E-state index is 0.0660. The maximum absolute atomic E-state index is 11.7. The molecule has 4 nitrogen and oxygen atoms in total. The lowest BCUT2D eigenvalue weighted by Gasteiger charge is -2.06. The summed E-state index contributed by atoms with van der Waals surface area (Å²) in [7, 11) is 0. The number of aliphatic carboxylic acids is 1. The number of nitrogens with one attached hydrogen (secondary N) is 1. The van der Waals surface area contributed by atoms with Crippen LogP contribution in [0, 0.1) is 0 Å². The first-order valence-corrected chi connectivity index (χ1v) is 8.11. The van der Waals surface area contributed by atoms with Crippen LogP contribution in [-0.4, -0.2) is 23.5 Å². The third-order valence-corrected chi connectivity index (χ3v) is 3.99. The van der Waals surface area contributed by atoms with E-state index in [0.29, 0.717) is 19.4 Å². The van der Waals surface area contributed by atoms with Gasteiger partial charge >= 0.3 is 5.97 Å². The number of aryl methyl sites for hydroxylation is 1. The molecule has 21 heavy (non-hydrogen) atoms. The van der Waals surface area contributed by atoms with Gasteiger partial charge in [-0.1, -0.05) is 47.0 Å². The number of carboxylic acid groups (broad SMARTS) is 1. The highest BCUT2D eigenvalue weighted by molar-refractivity contribution is 9.10. The lowest BCUT2D eigenvalue weighted by molar-refractivity contribution is -0.137. The molecule has 1 aromatic rings. The van der Waals surface area contributed by atoms with Crippen molar-refractivity contribution in [1.29, 1.82) is 0 Å². The number of amides is 1. The second-order valence-electron chi connectivity index (χ2n) is 5.00. The lowest BCUT2D eigenvalue weighted by Crippen LogP contribution is -2.24. The maximum atomic E-state index is 11.7. The van der Waals surface area contributed by atoms with Gasteiger partial charge in [0.25, 0.3) is 0 Å². The average Bonchev–Trinajstić information content (AvgIpc) is 2.45. The van der Waals surface area contributed by atoms with Gasteiger partial charge in [-0.05, 0) is 30.9 Å². The van der Waals surface area contributed by atoms with Crippen LogP contribution < -0.4 is 5.32 Å². The van der Waals surface area contributed by atoms with Gasteiger partial charge < -0.3 is 10.4 Å². The molecular formula is C16H22BrNO3. The molecule has 116 valence electrons. The van der Waals surface area contributed by atoms with Crippen molar-refractivity contribution in [1.82, 2.24) is 5.32 Å². The first-order valence-electron chi connectivity index (χ1n) is 7.31. The van der Waals surface area contributed by atoms with Crippen molar-refractivity contribution < 1.29 is 14.7 Å². The number of hydrogen-bond donors (Lipinski definition) is 2. The molecule has 1 amide bonds. The Bertz CT molecular complexity index is 463. The number of carbonyl (C=O) groups excluding carboxylic acids is 1. The van der Waals surface area contributed by atoms with Crippen molar-refractivity contribution in [3.63, 3.8) is 0 Å². The number of benzene rings is 1. The maximum Gasteiger partial charge on any atom is 0.303 e. The molecule has 0 aromatic heterocycles. The lowest BCUT2D eigenvalue weighted by atomic mass is 10.1. The van der Waals surface area contributed by atoms with E-state index in [2.05, 4.69) is 21.2 Å². The highest BCUT2D eigenvalue weighted by Gasteiger charge is 2.04. The second kappa shape index (κ2) is 10.4. The van der Waals surface area contributed by atoms with Crippen molar-refractivity contribution in [2.24, 2.45) is 0 Å². The predicted octanol–water partition coefficient (Wildman–Crippen LogP) is 3.53. The van der Waals surface area contributed by atoms with E-state index in [1.165, 1.54) is 0 Å². The molecular weight excluding hydrogens is 334 g/mol. The van der Waals surface area contributed by atoms with Crippen molar-refractivity contribution in [2.45, 2.75) is 44.9 Å². The van der Waals surface area contributed by atoms with Gasteiger partial charge in [-0.2, -0.15) is 0 Å². The Balaban J connectivity index is 2.04. The molecule has 0 aliphatic carbocycles. The minimum Gasteiger partial charge on any atom is -0.481 e. The largest absolute Gasteiger partial charge is 0.481 e. The summed E-state index contributed by atoms with van der Waals surface area (Å²) >= 11 is 3.47. The van der Waals surface area contributed by atoms with Crippen LogP contribution in [0.25, 0.3) is 0 Å². The third kappa shape index (κ3) is 8.50. The van der Waals surface area contributed by atoms with E-state index in [-0.39, 0.29) is 12.3 Å². The Labute approximate surface area is 134 Å². The summed E-state index contributed by atoms with van der Waals surface area (Å²) in [4.78, 5) is 22.0. The topological polar surface area (TPSA) is 66.4 Å². The third-order valence-electron chi connectivity index (χ3n) is 3.22. The van der Waals surface area contributed by atoms with Gasteiger partial charge in [-0.3, -0.25) is 9.59 Å².